The largest absolute Gasteiger partial charge is 0.370 e. The number of hydrogen-bond donors (Lipinski definition) is 1. The molecule has 0 saturated carbocycles. The van der Waals surface area contributed by atoms with Crippen molar-refractivity contribution < 1.29 is 14.4 Å². The highest BCUT2D eigenvalue weighted by Gasteiger charge is 2.34. The first kappa shape index (κ1) is 17.6. The lowest BCUT2D eigenvalue weighted by molar-refractivity contribution is -0.914. The van der Waals surface area contributed by atoms with Crippen LogP contribution in [-0.2, 0) is 9.53 Å². The van der Waals surface area contributed by atoms with Gasteiger partial charge in [-0.25, -0.2) is 4.90 Å². The van der Waals surface area contributed by atoms with Crippen LogP contribution in [0.4, 0.5) is 0 Å². The predicted molar refractivity (Wildman–Crippen MR) is 102 cm³/mol. The van der Waals surface area contributed by atoms with Crippen molar-refractivity contribution >= 4 is 40.3 Å². The van der Waals surface area contributed by atoms with Crippen molar-refractivity contribution in [1.82, 2.24) is 4.90 Å². The van der Waals surface area contributed by atoms with E-state index in [1.165, 1.54) is 22.2 Å². The van der Waals surface area contributed by atoms with Crippen LogP contribution in [0.15, 0.2) is 29.2 Å². The number of hydrogen-bond acceptors (Lipinski definition) is 4. The zero-order chi connectivity index (χ0) is 17.1. The van der Waals surface area contributed by atoms with Gasteiger partial charge in [0.1, 0.15) is 13.1 Å². The molecule has 2 heterocycles. The average Bonchev–Trinajstić information content (AvgIpc) is 2.84. The van der Waals surface area contributed by atoms with E-state index in [-0.39, 0.29) is 5.91 Å². The van der Waals surface area contributed by atoms with Crippen molar-refractivity contribution in [1.29, 1.82) is 0 Å². The summed E-state index contributed by atoms with van der Waals surface area (Å²) in [4.78, 5) is 16.5. The molecule has 6 heteroatoms. The summed E-state index contributed by atoms with van der Waals surface area (Å²) >= 11 is 6.82. The van der Waals surface area contributed by atoms with Gasteiger partial charge in [0.25, 0.3) is 5.91 Å². The van der Waals surface area contributed by atoms with E-state index in [4.69, 9.17) is 17.0 Å². The second-order valence-electron chi connectivity index (χ2n) is 6.45. The van der Waals surface area contributed by atoms with E-state index >= 15 is 0 Å². The summed E-state index contributed by atoms with van der Waals surface area (Å²) in [7, 11) is 0. The van der Waals surface area contributed by atoms with Crippen molar-refractivity contribution in [2.75, 3.05) is 33.0 Å². The molecule has 0 spiro atoms. The molecule has 2 aliphatic rings. The molecule has 2 fully saturated rings. The Morgan fingerprint density at radius 3 is 2.58 bits per heavy atom. The maximum Gasteiger partial charge on any atom is 0.270 e. The highest BCUT2D eigenvalue weighted by atomic mass is 32.2. The minimum Gasteiger partial charge on any atom is -0.370 e. The molecule has 3 rings (SSSR count). The quantitative estimate of drug-likeness (QED) is 0.654. The van der Waals surface area contributed by atoms with Crippen LogP contribution in [0.1, 0.15) is 30.9 Å². The minimum absolute atomic E-state index is 0.0249. The molecule has 4 nitrogen and oxygen atoms in total. The zero-order valence-electron chi connectivity index (χ0n) is 14.1. The van der Waals surface area contributed by atoms with Gasteiger partial charge in [-0.05, 0) is 23.1 Å². The maximum atomic E-state index is 12.7. The Hall–Kier alpha value is -1.21. The third-order valence-corrected chi connectivity index (χ3v) is 5.73. The van der Waals surface area contributed by atoms with Crippen LogP contribution in [0.25, 0.3) is 6.08 Å². The standard InChI is InChI=1S/C18H22N2O2S2/c1-13(2)15-5-3-14(4-6-15)11-16-17(21)20(18(23)24-16)12-19-7-9-22-10-8-19/h3-6,11,13H,7-10,12H2,1-2H3/p+1/b16-11-. The van der Waals surface area contributed by atoms with Gasteiger partial charge in [0.15, 0.2) is 11.0 Å². The number of ether oxygens (including phenoxy) is 1. The normalized spacial score (nSPS) is 21.3. The summed E-state index contributed by atoms with van der Waals surface area (Å²) in [6, 6.07) is 8.37. The Kier molecular flexibility index (Phi) is 5.71. The SMILES string of the molecule is CC(C)c1ccc(/C=C2\SC(=S)N(C[NH+]3CCOCC3)C2=O)cc1. The molecule has 0 bridgehead atoms. The first-order valence-corrected chi connectivity index (χ1v) is 9.53. The van der Waals surface area contributed by atoms with Gasteiger partial charge in [-0.15, -0.1) is 0 Å². The number of nitrogens with one attached hydrogen (secondary N) is 1. The third-order valence-electron chi connectivity index (χ3n) is 4.36. The van der Waals surface area contributed by atoms with Crippen molar-refractivity contribution in [3.05, 3.63) is 40.3 Å². The minimum atomic E-state index is 0.0249. The van der Waals surface area contributed by atoms with E-state index in [0.29, 0.717) is 21.8 Å². The molecule has 24 heavy (non-hydrogen) atoms. The van der Waals surface area contributed by atoms with Crippen LogP contribution in [0, 0.1) is 0 Å². The molecular weight excluding hydrogens is 340 g/mol. The number of benzene rings is 1. The third kappa shape index (κ3) is 4.06. The predicted octanol–water partition coefficient (Wildman–Crippen LogP) is 1.88. The van der Waals surface area contributed by atoms with Gasteiger partial charge >= 0.3 is 0 Å². The van der Waals surface area contributed by atoms with Crippen LogP contribution in [0.5, 0.6) is 0 Å². The number of morpholine rings is 1. The van der Waals surface area contributed by atoms with Crippen molar-refractivity contribution in [3.63, 3.8) is 0 Å². The maximum absolute atomic E-state index is 12.7. The molecule has 1 N–H and O–H groups in total. The molecule has 2 saturated heterocycles. The smallest absolute Gasteiger partial charge is 0.270 e. The molecule has 0 unspecified atom stereocenters. The summed E-state index contributed by atoms with van der Waals surface area (Å²) in [6.45, 7) is 8.34. The Balaban J connectivity index is 1.70. The van der Waals surface area contributed by atoms with Crippen molar-refractivity contribution in [2.45, 2.75) is 19.8 Å². The summed E-state index contributed by atoms with van der Waals surface area (Å²) in [6.07, 6.45) is 1.94. The van der Waals surface area contributed by atoms with Gasteiger partial charge in [0.2, 0.25) is 0 Å². The molecule has 0 radical (unpaired) electrons. The van der Waals surface area contributed by atoms with Crippen LogP contribution < -0.4 is 4.90 Å². The van der Waals surface area contributed by atoms with Gasteiger partial charge in [0.05, 0.1) is 18.1 Å². The second kappa shape index (κ2) is 7.78. The first-order chi connectivity index (χ1) is 11.5. The van der Waals surface area contributed by atoms with Crippen LogP contribution in [-0.4, -0.2) is 48.1 Å². The van der Waals surface area contributed by atoms with E-state index < -0.39 is 0 Å². The lowest BCUT2D eigenvalue weighted by atomic mass is 10.0. The van der Waals surface area contributed by atoms with E-state index in [0.717, 1.165) is 31.9 Å². The molecule has 0 atom stereocenters. The molecule has 128 valence electrons. The molecule has 1 aromatic rings. The molecule has 0 aromatic heterocycles. The Morgan fingerprint density at radius 1 is 1.29 bits per heavy atom. The van der Waals surface area contributed by atoms with Gasteiger partial charge < -0.3 is 9.64 Å². The fourth-order valence-electron chi connectivity index (χ4n) is 2.81. The fourth-order valence-corrected chi connectivity index (χ4v) is 4.06. The molecule has 2 aliphatic heterocycles. The number of amides is 1. The molecule has 1 aromatic carbocycles. The van der Waals surface area contributed by atoms with Gasteiger partial charge in [-0.2, -0.15) is 0 Å². The highest BCUT2D eigenvalue weighted by Crippen LogP contribution is 2.32. The molecular formula is C18H23N2O2S2+. The topological polar surface area (TPSA) is 34.0 Å². The fraction of sp³-hybridized carbons (Fsp3) is 0.444. The highest BCUT2D eigenvalue weighted by molar-refractivity contribution is 8.26. The summed E-state index contributed by atoms with van der Waals surface area (Å²) < 4.78 is 6.03. The lowest BCUT2D eigenvalue weighted by Crippen LogP contribution is -3.15. The number of thioether (sulfide) groups is 1. The van der Waals surface area contributed by atoms with Gasteiger partial charge in [-0.3, -0.25) is 4.79 Å². The van der Waals surface area contributed by atoms with Crippen molar-refractivity contribution in [3.8, 4) is 0 Å². The zero-order valence-corrected chi connectivity index (χ0v) is 15.7. The summed E-state index contributed by atoms with van der Waals surface area (Å²) in [5, 5.41) is 0. The first-order valence-electron chi connectivity index (χ1n) is 8.31. The van der Waals surface area contributed by atoms with E-state index in [1.807, 2.05) is 6.08 Å². The van der Waals surface area contributed by atoms with Crippen LogP contribution >= 0.6 is 24.0 Å². The van der Waals surface area contributed by atoms with Crippen LogP contribution in [0.3, 0.4) is 0 Å². The monoisotopic (exact) mass is 363 g/mol. The lowest BCUT2D eigenvalue weighted by Gasteiger charge is -2.27. The van der Waals surface area contributed by atoms with E-state index in [9.17, 15) is 4.79 Å². The average molecular weight is 364 g/mol. The summed E-state index contributed by atoms with van der Waals surface area (Å²) in [5.74, 6) is 0.533. The molecule has 0 aliphatic carbocycles. The number of quaternary nitrogens is 1. The number of rotatable bonds is 4. The summed E-state index contributed by atoms with van der Waals surface area (Å²) in [5.41, 5.74) is 2.34. The van der Waals surface area contributed by atoms with Gasteiger partial charge in [0, 0.05) is 0 Å². The van der Waals surface area contributed by atoms with E-state index in [2.05, 4.69) is 38.1 Å². The number of carbonyl (C=O) groups excluding carboxylic acids is 1. The number of carbonyl (C=O) groups is 1. The number of thiocarbonyl (C=S) groups is 1. The van der Waals surface area contributed by atoms with Crippen molar-refractivity contribution in [2.24, 2.45) is 0 Å². The second-order valence-corrected chi connectivity index (χ2v) is 8.13. The Morgan fingerprint density at radius 2 is 1.96 bits per heavy atom. The Labute approximate surface area is 152 Å². The molecule has 1 amide bonds. The Bertz CT molecular complexity index is 649. The van der Waals surface area contributed by atoms with Gasteiger partial charge in [-0.1, -0.05) is 62.1 Å². The van der Waals surface area contributed by atoms with E-state index in [1.54, 1.807) is 4.90 Å². The van der Waals surface area contributed by atoms with Crippen LogP contribution in [0.2, 0.25) is 0 Å². The number of nitrogens with zero attached hydrogens (tertiary/aromatic N) is 1.